The minimum absolute atomic E-state index is 0.0186. The molecule has 13 heteroatoms. The molecule has 9 atom stereocenters. The molecule has 0 aromatic heterocycles. The minimum atomic E-state index is -1.79. The van der Waals surface area contributed by atoms with Gasteiger partial charge in [-0.3, -0.25) is 24.0 Å². The smallest absolute Gasteiger partial charge is 0.327 e. The zero-order valence-corrected chi connectivity index (χ0v) is 27.9. The third-order valence-corrected chi connectivity index (χ3v) is 11.9. The van der Waals surface area contributed by atoms with Crippen molar-refractivity contribution in [3.8, 4) is 0 Å². The number of allylic oxidation sites excluding steroid dienone is 1. The van der Waals surface area contributed by atoms with Crippen molar-refractivity contribution >= 4 is 47.9 Å². The van der Waals surface area contributed by atoms with Crippen LogP contribution in [0.2, 0.25) is 0 Å². The number of thiol groups is 1. The van der Waals surface area contributed by atoms with Gasteiger partial charge in [-0.05, 0) is 73.7 Å². The minimum Gasteiger partial charge on any atom is -0.480 e. The summed E-state index contributed by atoms with van der Waals surface area (Å²) in [5, 5.41) is 37.4. The molecule has 3 saturated carbocycles. The van der Waals surface area contributed by atoms with Crippen LogP contribution in [0.1, 0.15) is 85.5 Å². The van der Waals surface area contributed by atoms with E-state index in [1.807, 2.05) is 6.92 Å². The second-order valence-corrected chi connectivity index (χ2v) is 14.8. The Hall–Kier alpha value is -2.77. The monoisotopic (exact) mass is 664 g/mol. The van der Waals surface area contributed by atoms with E-state index in [0.717, 1.165) is 18.4 Å². The Kier molecular flexibility index (Phi) is 10.8. The Morgan fingerprint density at radius 3 is 2.39 bits per heavy atom. The zero-order chi connectivity index (χ0) is 34.2. The largest absolute Gasteiger partial charge is 0.480 e. The lowest BCUT2D eigenvalue weighted by atomic mass is 9.45. The van der Waals surface area contributed by atoms with E-state index in [9.17, 15) is 39.0 Å². The summed E-state index contributed by atoms with van der Waals surface area (Å²) in [5.41, 5.74) is -1.91. The topological polar surface area (TPSA) is 196 Å². The highest BCUT2D eigenvalue weighted by Crippen LogP contribution is 2.67. The Labute approximate surface area is 274 Å². The number of Topliss-reactive ketones (excluding diaryl/α,β-unsaturated/α-hetero) is 1. The maximum atomic E-state index is 13.5. The molecule has 0 spiro atoms. The molecule has 0 unspecified atom stereocenters. The number of carbonyl (C=O) groups excluding carboxylic acids is 5. The van der Waals surface area contributed by atoms with Crippen molar-refractivity contribution in [1.29, 1.82) is 0 Å². The van der Waals surface area contributed by atoms with Crippen LogP contribution < -0.4 is 10.6 Å². The van der Waals surface area contributed by atoms with E-state index in [4.69, 9.17) is 9.84 Å². The lowest BCUT2D eigenvalue weighted by Gasteiger charge is -2.60. The molecule has 5 N–H and O–H groups in total. The predicted molar refractivity (Wildman–Crippen MR) is 168 cm³/mol. The molecule has 0 aromatic rings. The highest BCUT2D eigenvalue weighted by atomic mass is 32.1. The summed E-state index contributed by atoms with van der Waals surface area (Å²) in [5.74, 6) is -4.45. The molecule has 0 heterocycles. The normalized spacial score (nSPS) is 34.7. The van der Waals surface area contributed by atoms with Gasteiger partial charge in [0, 0.05) is 24.0 Å². The van der Waals surface area contributed by atoms with Gasteiger partial charge in [-0.15, -0.1) is 0 Å². The van der Waals surface area contributed by atoms with Crippen LogP contribution in [-0.4, -0.2) is 86.8 Å². The van der Waals surface area contributed by atoms with Crippen LogP contribution >= 0.6 is 12.6 Å². The molecule has 0 radical (unpaired) electrons. The van der Waals surface area contributed by atoms with E-state index < -0.39 is 65.3 Å². The van der Waals surface area contributed by atoms with Gasteiger partial charge in [0.2, 0.25) is 17.6 Å². The lowest BCUT2D eigenvalue weighted by Crippen LogP contribution is -2.62. The number of carboxylic acid groups (broad SMARTS) is 1. The number of hydrogen-bond acceptors (Lipinski definition) is 10. The second kappa shape index (κ2) is 13.8. The van der Waals surface area contributed by atoms with Gasteiger partial charge in [0.1, 0.15) is 17.7 Å². The van der Waals surface area contributed by atoms with Crippen molar-refractivity contribution < 1.29 is 48.8 Å². The van der Waals surface area contributed by atoms with Crippen molar-refractivity contribution in [2.45, 2.75) is 109 Å². The van der Waals surface area contributed by atoms with Gasteiger partial charge < -0.3 is 30.7 Å². The molecule has 0 aromatic carbocycles. The van der Waals surface area contributed by atoms with E-state index in [2.05, 4.69) is 30.2 Å². The zero-order valence-electron chi connectivity index (χ0n) is 27.0. The average molecular weight is 665 g/mol. The number of amides is 2. The van der Waals surface area contributed by atoms with E-state index in [1.165, 1.54) is 0 Å². The summed E-state index contributed by atoms with van der Waals surface area (Å²) in [6.07, 6.45) is 3.94. The van der Waals surface area contributed by atoms with Gasteiger partial charge in [-0.1, -0.05) is 33.3 Å². The first-order valence-electron chi connectivity index (χ1n) is 16.2. The van der Waals surface area contributed by atoms with E-state index in [1.54, 1.807) is 19.9 Å². The second-order valence-electron chi connectivity index (χ2n) is 14.4. The van der Waals surface area contributed by atoms with Crippen LogP contribution in [0, 0.1) is 34.5 Å². The first kappa shape index (κ1) is 36.1. The molecule has 256 valence electrons. The fourth-order valence-electron chi connectivity index (χ4n) is 8.93. The molecule has 0 aliphatic heterocycles. The third kappa shape index (κ3) is 6.64. The van der Waals surface area contributed by atoms with Gasteiger partial charge >= 0.3 is 11.9 Å². The molecule has 46 heavy (non-hydrogen) atoms. The first-order valence-corrected chi connectivity index (χ1v) is 16.9. The Balaban J connectivity index is 1.33. The summed E-state index contributed by atoms with van der Waals surface area (Å²) in [4.78, 5) is 74.5. The number of hydrogen-bond donors (Lipinski definition) is 6. The third-order valence-electron chi connectivity index (χ3n) is 11.5. The summed E-state index contributed by atoms with van der Waals surface area (Å²) in [6.45, 7) is 6.66. The number of aliphatic carboxylic acids is 1. The predicted octanol–water partition coefficient (Wildman–Crippen LogP) is 1.75. The number of esters is 1. The molecular weight excluding hydrogens is 616 g/mol. The van der Waals surface area contributed by atoms with Gasteiger partial charge in [-0.25, -0.2) is 4.79 Å². The van der Waals surface area contributed by atoms with Gasteiger partial charge in [-0.2, -0.15) is 12.6 Å². The number of ether oxygens (including phenoxy) is 1. The quantitative estimate of drug-likeness (QED) is 0.132. The van der Waals surface area contributed by atoms with E-state index in [0.29, 0.717) is 19.3 Å². The number of carbonyl (C=O) groups is 6. The number of ketones is 2. The van der Waals surface area contributed by atoms with Gasteiger partial charge in [0.25, 0.3) is 0 Å². The number of aliphatic hydroxyl groups is 2. The van der Waals surface area contributed by atoms with Crippen LogP contribution in [0.5, 0.6) is 0 Å². The molecule has 0 bridgehead atoms. The van der Waals surface area contributed by atoms with Crippen LogP contribution in [0.15, 0.2) is 11.6 Å². The van der Waals surface area contributed by atoms with Crippen LogP contribution in [0.25, 0.3) is 0 Å². The van der Waals surface area contributed by atoms with Crippen molar-refractivity contribution in [2.24, 2.45) is 34.5 Å². The highest BCUT2D eigenvalue weighted by Gasteiger charge is 2.68. The molecule has 3 fully saturated rings. The lowest BCUT2D eigenvalue weighted by molar-refractivity contribution is -0.184. The van der Waals surface area contributed by atoms with E-state index >= 15 is 0 Å². The first-order chi connectivity index (χ1) is 21.5. The van der Waals surface area contributed by atoms with Crippen LogP contribution in [0.4, 0.5) is 0 Å². The molecule has 12 nitrogen and oxygen atoms in total. The summed E-state index contributed by atoms with van der Waals surface area (Å²) in [6, 6.07) is -2.27. The number of carboxylic acids is 1. The van der Waals surface area contributed by atoms with Crippen LogP contribution in [0.3, 0.4) is 0 Å². The molecule has 4 aliphatic rings. The number of aliphatic hydroxyl groups excluding tert-OH is 1. The fourth-order valence-corrected chi connectivity index (χ4v) is 9.18. The van der Waals surface area contributed by atoms with Crippen molar-refractivity contribution in [3.05, 3.63) is 11.6 Å². The Morgan fingerprint density at radius 1 is 1.07 bits per heavy atom. The standard InChI is InChI=1S/C33H48N2O10S/c1-17(2)28(29(41)34-22(16-46)30(42)43)35-25(39)7-8-26(40)45-15-24(38)33(44)12-10-21-20-6-5-18-13-19(36)9-11-31(18,3)27(20)23(37)14-32(21,33)4/h13,17,20-23,27-28,37,44,46H,5-12,14-16H2,1-4H3,(H,34,41)(H,35,39)(H,42,43)/t20-,21+,22+,23+,27+,28-,31+,32+,33+/m1/s1. The van der Waals surface area contributed by atoms with Crippen molar-refractivity contribution in [2.75, 3.05) is 12.4 Å². The fraction of sp³-hybridized carbons (Fsp3) is 0.758. The Morgan fingerprint density at radius 2 is 1.76 bits per heavy atom. The Bertz CT molecular complexity index is 1300. The maximum Gasteiger partial charge on any atom is 0.327 e. The van der Waals surface area contributed by atoms with Gasteiger partial charge in [0.15, 0.2) is 12.4 Å². The summed E-state index contributed by atoms with van der Waals surface area (Å²) in [7, 11) is 0. The highest BCUT2D eigenvalue weighted by molar-refractivity contribution is 7.80. The summed E-state index contributed by atoms with van der Waals surface area (Å²) < 4.78 is 5.20. The number of nitrogens with one attached hydrogen (secondary N) is 2. The molecule has 4 rings (SSSR count). The van der Waals surface area contributed by atoms with E-state index in [-0.39, 0.29) is 66.3 Å². The number of rotatable bonds is 12. The molecular formula is C33H48N2O10S. The van der Waals surface area contributed by atoms with Crippen molar-refractivity contribution in [1.82, 2.24) is 10.6 Å². The van der Waals surface area contributed by atoms with Crippen molar-refractivity contribution in [3.63, 3.8) is 0 Å². The summed E-state index contributed by atoms with van der Waals surface area (Å²) >= 11 is 3.92. The molecule has 4 aliphatic carbocycles. The van der Waals surface area contributed by atoms with Crippen LogP contribution in [-0.2, 0) is 33.5 Å². The average Bonchev–Trinajstić information content (AvgIpc) is 3.26. The molecule has 2 amide bonds. The maximum absolute atomic E-state index is 13.5. The van der Waals surface area contributed by atoms with Gasteiger partial charge in [0.05, 0.1) is 12.5 Å². The molecule has 0 saturated heterocycles. The number of fused-ring (bicyclic) bond motifs is 5. The SMILES string of the molecule is CC(C)[C@@H](NC(=O)CCC(=O)OCC(=O)[C@@]1(O)CC[C@H]2[C@H]3CCC4=CC(=O)CC[C@]4(C)[C@@H]3[C@@H](O)C[C@@]21C)C(=O)N[C@@H](CS)C(=O)O.